The van der Waals surface area contributed by atoms with Crippen LogP contribution in [0.25, 0.3) is 0 Å². The average Bonchev–Trinajstić information content (AvgIpc) is 3.01. The van der Waals surface area contributed by atoms with Gasteiger partial charge in [-0.05, 0) is 24.6 Å². The van der Waals surface area contributed by atoms with Gasteiger partial charge >= 0.3 is 0 Å². The van der Waals surface area contributed by atoms with Crippen LogP contribution in [0.5, 0.6) is 5.75 Å². The monoisotopic (exact) mass is 351 g/mol. The maximum Gasteiger partial charge on any atom is 0.245 e. The Labute approximate surface area is 152 Å². The number of aromatic hydroxyl groups is 1. The van der Waals surface area contributed by atoms with E-state index < -0.39 is 5.92 Å². The van der Waals surface area contributed by atoms with Crippen molar-refractivity contribution in [1.29, 1.82) is 0 Å². The van der Waals surface area contributed by atoms with Gasteiger partial charge in [-0.2, -0.15) is 5.10 Å². The van der Waals surface area contributed by atoms with Crippen LogP contribution in [-0.2, 0) is 16.1 Å². The number of para-hydroxylation sites is 1. The molecule has 0 aromatic heterocycles. The Kier molecular flexibility index (Phi) is 5.31. The van der Waals surface area contributed by atoms with Crippen molar-refractivity contribution in [3.05, 3.63) is 65.7 Å². The Hall–Kier alpha value is -3.15. The van der Waals surface area contributed by atoms with Gasteiger partial charge in [-0.15, -0.1) is 0 Å². The smallest absolute Gasteiger partial charge is 0.245 e. The molecule has 1 unspecified atom stereocenters. The molecule has 1 aliphatic heterocycles. The molecule has 0 saturated carbocycles. The minimum Gasteiger partial charge on any atom is -0.507 e. The van der Waals surface area contributed by atoms with Crippen molar-refractivity contribution in [2.75, 3.05) is 6.54 Å². The molecule has 0 aliphatic carbocycles. The fraction of sp³-hybridized carbons (Fsp3) is 0.250. The number of carbonyl (C=O) groups excluding carboxylic acids is 2. The van der Waals surface area contributed by atoms with Gasteiger partial charge in [-0.1, -0.05) is 42.5 Å². The fourth-order valence-electron chi connectivity index (χ4n) is 2.97. The molecule has 1 aliphatic rings. The van der Waals surface area contributed by atoms with Gasteiger partial charge in [0.05, 0.1) is 11.6 Å². The number of rotatable bonds is 5. The highest BCUT2D eigenvalue weighted by atomic mass is 16.3. The standard InChI is InChI=1S/C20H21N3O3/c1-14(17-9-5-6-10-18(17)24)21-22-20(26)16-11-19(25)23(13-16)12-15-7-3-2-4-8-15/h2-10,16,24H,11-13H2,1H3,(H,22,26)/b21-14+. The first-order valence-corrected chi connectivity index (χ1v) is 8.49. The van der Waals surface area contributed by atoms with Crippen molar-refractivity contribution >= 4 is 17.5 Å². The number of benzene rings is 2. The van der Waals surface area contributed by atoms with Crippen molar-refractivity contribution in [1.82, 2.24) is 10.3 Å². The molecule has 0 radical (unpaired) electrons. The summed E-state index contributed by atoms with van der Waals surface area (Å²) in [6.45, 7) is 2.59. The molecule has 134 valence electrons. The Bertz CT molecular complexity index is 833. The third-order valence-corrected chi connectivity index (χ3v) is 4.43. The lowest BCUT2D eigenvalue weighted by Crippen LogP contribution is -2.30. The molecule has 2 amide bonds. The van der Waals surface area contributed by atoms with Gasteiger partial charge in [-0.3, -0.25) is 9.59 Å². The van der Waals surface area contributed by atoms with Crippen LogP contribution in [0.1, 0.15) is 24.5 Å². The Morgan fingerprint density at radius 2 is 1.88 bits per heavy atom. The van der Waals surface area contributed by atoms with Crippen LogP contribution in [-0.4, -0.2) is 34.1 Å². The van der Waals surface area contributed by atoms with E-state index in [2.05, 4.69) is 10.5 Å². The zero-order valence-electron chi connectivity index (χ0n) is 14.6. The number of carbonyl (C=O) groups is 2. The lowest BCUT2D eigenvalue weighted by molar-refractivity contribution is -0.129. The van der Waals surface area contributed by atoms with Gasteiger partial charge in [0.25, 0.3) is 0 Å². The zero-order valence-corrected chi connectivity index (χ0v) is 14.6. The summed E-state index contributed by atoms with van der Waals surface area (Å²) in [6, 6.07) is 16.5. The second kappa shape index (κ2) is 7.82. The van der Waals surface area contributed by atoms with Crippen molar-refractivity contribution in [2.45, 2.75) is 19.9 Å². The van der Waals surface area contributed by atoms with E-state index in [0.29, 0.717) is 24.4 Å². The highest BCUT2D eigenvalue weighted by Crippen LogP contribution is 2.21. The summed E-state index contributed by atoms with van der Waals surface area (Å²) < 4.78 is 0. The molecule has 26 heavy (non-hydrogen) atoms. The molecule has 2 N–H and O–H groups in total. The van der Waals surface area contributed by atoms with E-state index in [9.17, 15) is 14.7 Å². The van der Waals surface area contributed by atoms with Crippen molar-refractivity contribution in [2.24, 2.45) is 11.0 Å². The van der Waals surface area contributed by atoms with Crippen LogP contribution in [0, 0.1) is 5.92 Å². The Balaban J connectivity index is 1.60. The van der Waals surface area contributed by atoms with Gasteiger partial charge in [0.1, 0.15) is 5.75 Å². The van der Waals surface area contributed by atoms with Crippen molar-refractivity contribution in [3.63, 3.8) is 0 Å². The van der Waals surface area contributed by atoms with E-state index in [4.69, 9.17) is 0 Å². The molecule has 1 saturated heterocycles. The number of likely N-dealkylation sites (tertiary alicyclic amines) is 1. The van der Waals surface area contributed by atoms with Gasteiger partial charge in [-0.25, -0.2) is 5.43 Å². The molecule has 2 aromatic carbocycles. The number of phenols is 1. The maximum atomic E-state index is 12.3. The highest BCUT2D eigenvalue weighted by molar-refractivity contribution is 6.01. The second-order valence-electron chi connectivity index (χ2n) is 6.35. The maximum absolute atomic E-state index is 12.3. The van der Waals surface area contributed by atoms with E-state index in [1.54, 1.807) is 36.1 Å². The third-order valence-electron chi connectivity index (χ3n) is 4.43. The highest BCUT2D eigenvalue weighted by Gasteiger charge is 2.34. The molecule has 6 heteroatoms. The number of phenolic OH excluding ortho intramolecular Hbond substituents is 1. The first-order valence-electron chi connectivity index (χ1n) is 8.49. The van der Waals surface area contributed by atoms with E-state index in [-0.39, 0.29) is 24.0 Å². The van der Waals surface area contributed by atoms with Gasteiger partial charge in [0.2, 0.25) is 11.8 Å². The lowest BCUT2D eigenvalue weighted by atomic mass is 10.1. The molecule has 1 fully saturated rings. The zero-order chi connectivity index (χ0) is 18.5. The number of nitrogens with one attached hydrogen (secondary N) is 1. The molecule has 0 bridgehead atoms. The predicted molar refractivity (Wildman–Crippen MR) is 98.4 cm³/mol. The van der Waals surface area contributed by atoms with Crippen LogP contribution in [0.3, 0.4) is 0 Å². The number of hydrogen-bond acceptors (Lipinski definition) is 4. The summed E-state index contributed by atoms with van der Waals surface area (Å²) in [5.74, 6) is -0.640. The second-order valence-corrected chi connectivity index (χ2v) is 6.35. The summed E-state index contributed by atoms with van der Waals surface area (Å²) in [4.78, 5) is 26.2. The third kappa shape index (κ3) is 4.08. The number of amides is 2. The minimum atomic E-state index is -0.424. The molecule has 6 nitrogen and oxygen atoms in total. The van der Waals surface area contributed by atoms with Crippen LogP contribution >= 0.6 is 0 Å². The van der Waals surface area contributed by atoms with E-state index in [1.807, 2.05) is 30.3 Å². The summed E-state index contributed by atoms with van der Waals surface area (Å²) in [7, 11) is 0. The number of hydrogen-bond donors (Lipinski definition) is 2. The quantitative estimate of drug-likeness (QED) is 0.640. The van der Waals surface area contributed by atoms with E-state index >= 15 is 0 Å². The summed E-state index contributed by atoms with van der Waals surface area (Å²) in [6.07, 6.45) is 0.184. The number of nitrogens with zero attached hydrogens (tertiary/aromatic N) is 2. The normalized spacial score (nSPS) is 17.4. The predicted octanol–water partition coefficient (Wildman–Crippen LogP) is 2.28. The van der Waals surface area contributed by atoms with Crippen molar-refractivity contribution in [3.8, 4) is 5.75 Å². The molecular formula is C20H21N3O3. The Morgan fingerprint density at radius 1 is 1.19 bits per heavy atom. The van der Waals surface area contributed by atoms with Crippen LogP contribution in [0.15, 0.2) is 59.7 Å². The van der Waals surface area contributed by atoms with Gasteiger partial charge in [0.15, 0.2) is 0 Å². The molecule has 3 rings (SSSR count). The van der Waals surface area contributed by atoms with E-state index in [1.165, 1.54) is 0 Å². The Morgan fingerprint density at radius 3 is 2.62 bits per heavy atom. The van der Waals surface area contributed by atoms with Gasteiger partial charge < -0.3 is 10.0 Å². The number of hydrazone groups is 1. The largest absolute Gasteiger partial charge is 0.507 e. The van der Waals surface area contributed by atoms with Gasteiger partial charge in [0, 0.05) is 25.1 Å². The van der Waals surface area contributed by atoms with Crippen molar-refractivity contribution < 1.29 is 14.7 Å². The minimum absolute atomic E-state index is 0.0320. The summed E-state index contributed by atoms with van der Waals surface area (Å²) in [5.41, 5.74) is 4.61. The SMILES string of the molecule is C/C(=N\NC(=O)C1CC(=O)N(Cc2ccccc2)C1)c1ccccc1O. The average molecular weight is 351 g/mol. The first kappa shape index (κ1) is 17.7. The van der Waals surface area contributed by atoms with Crippen LogP contribution in [0.4, 0.5) is 0 Å². The fourth-order valence-corrected chi connectivity index (χ4v) is 2.97. The molecule has 1 atom stereocenters. The molecular weight excluding hydrogens is 330 g/mol. The topological polar surface area (TPSA) is 82.0 Å². The first-order chi connectivity index (χ1) is 12.5. The van der Waals surface area contributed by atoms with Crippen LogP contribution < -0.4 is 5.43 Å². The van der Waals surface area contributed by atoms with Crippen LogP contribution in [0.2, 0.25) is 0 Å². The summed E-state index contributed by atoms with van der Waals surface area (Å²) in [5, 5.41) is 13.9. The molecule has 2 aromatic rings. The summed E-state index contributed by atoms with van der Waals surface area (Å²) >= 11 is 0. The molecule has 1 heterocycles. The molecule has 0 spiro atoms. The lowest BCUT2D eigenvalue weighted by Gasteiger charge is -2.16. The van der Waals surface area contributed by atoms with E-state index in [0.717, 1.165) is 5.56 Å².